The predicted molar refractivity (Wildman–Crippen MR) is 67.9 cm³/mol. The molecule has 1 aliphatic carbocycles. The van der Waals surface area contributed by atoms with Gasteiger partial charge < -0.3 is 11.1 Å². The Morgan fingerprint density at radius 3 is 2.94 bits per heavy atom. The van der Waals surface area contributed by atoms with E-state index in [1.165, 1.54) is 19.0 Å². The Balaban J connectivity index is 2.06. The van der Waals surface area contributed by atoms with Crippen LogP contribution in [0.3, 0.4) is 0 Å². The number of nitrogens with two attached hydrogens (primary N) is 1. The van der Waals surface area contributed by atoms with Gasteiger partial charge in [0.05, 0.1) is 10.6 Å². The summed E-state index contributed by atoms with van der Waals surface area (Å²) in [5.41, 5.74) is 5.96. The molecular formula is C12H16ClN3O. The summed E-state index contributed by atoms with van der Waals surface area (Å²) in [4.78, 5) is 15.8. The zero-order valence-corrected chi connectivity index (χ0v) is 10.5. The Bertz CT molecular complexity index is 436. The Morgan fingerprint density at radius 1 is 1.59 bits per heavy atom. The summed E-state index contributed by atoms with van der Waals surface area (Å²) in [6, 6.07) is 1.82. The van der Waals surface area contributed by atoms with E-state index >= 15 is 0 Å². The first-order valence-corrected chi connectivity index (χ1v) is 6.17. The van der Waals surface area contributed by atoms with E-state index in [4.69, 9.17) is 17.3 Å². The zero-order valence-electron chi connectivity index (χ0n) is 9.74. The first-order chi connectivity index (χ1) is 8.08. The van der Waals surface area contributed by atoms with Crippen molar-refractivity contribution in [1.29, 1.82) is 0 Å². The van der Waals surface area contributed by atoms with Crippen LogP contribution in [0.4, 0.5) is 5.82 Å². The van der Waals surface area contributed by atoms with Crippen LogP contribution in [-0.2, 0) is 0 Å². The minimum atomic E-state index is -0.127. The Morgan fingerprint density at radius 2 is 2.35 bits per heavy atom. The van der Waals surface area contributed by atoms with E-state index in [2.05, 4.69) is 17.2 Å². The molecule has 0 aromatic carbocycles. The molecule has 92 valence electrons. The molecule has 1 aliphatic rings. The van der Waals surface area contributed by atoms with Gasteiger partial charge in [-0.3, -0.25) is 4.79 Å². The van der Waals surface area contributed by atoms with Crippen LogP contribution in [0.15, 0.2) is 12.3 Å². The smallest absolute Gasteiger partial charge is 0.253 e. The standard InChI is InChI=1S/C12H16ClN3O/c1-7-3-2-4-10(7)16-12(17)8-5-9(13)11(14)15-6-8/h5-7,10H,2-4H2,1H3,(H2,14,15)(H,16,17). The Hall–Kier alpha value is -1.29. The molecule has 5 heteroatoms. The van der Waals surface area contributed by atoms with E-state index in [-0.39, 0.29) is 17.8 Å². The van der Waals surface area contributed by atoms with Gasteiger partial charge in [0.1, 0.15) is 5.82 Å². The molecule has 4 nitrogen and oxygen atoms in total. The van der Waals surface area contributed by atoms with Gasteiger partial charge in [-0.05, 0) is 24.8 Å². The molecule has 2 atom stereocenters. The molecule has 0 bridgehead atoms. The molecule has 1 aromatic heterocycles. The average Bonchev–Trinajstić information content (AvgIpc) is 2.68. The third-order valence-electron chi connectivity index (χ3n) is 3.31. The number of nitrogen functional groups attached to an aromatic ring is 1. The second-order valence-corrected chi connectivity index (χ2v) is 4.99. The van der Waals surface area contributed by atoms with Gasteiger partial charge in [-0.1, -0.05) is 24.9 Å². The van der Waals surface area contributed by atoms with Crippen LogP contribution in [-0.4, -0.2) is 16.9 Å². The maximum atomic E-state index is 12.0. The maximum absolute atomic E-state index is 12.0. The van der Waals surface area contributed by atoms with Crippen molar-refractivity contribution in [3.63, 3.8) is 0 Å². The largest absolute Gasteiger partial charge is 0.382 e. The van der Waals surface area contributed by atoms with Crippen molar-refractivity contribution in [1.82, 2.24) is 10.3 Å². The molecule has 0 aliphatic heterocycles. The minimum absolute atomic E-state index is 0.127. The molecule has 0 radical (unpaired) electrons. The number of carbonyl (C=O) groups excluding carboxylic acids is 1. The van der Waals surface area contributed by atoms with Gasteiger partial charge in [-0.2, -0.15) is 0 Å². The quantitative estimate of drug-likeness (QED) is 0.849. The molecule has 2 rings (SSSR count). The number of aromatic nitrogens is 1. The number of carbonyl (C=O) groups is 1. The van der Waals surface area contributed by atoms with Gasteiger partial charge in [0.25, 0.3) is 5.91 Å². The highest BCUT2D eigenvalue weighted by Gasteiger charge is 2.25. The fraction of sp³-hybridized carbons (Fsp3) is 0.500. The first-order valence-electron chi connectivity index (χ1n) is 5.80. The van der Waals surface area contributed by atoms with Crippen molar-refractivity contribution in [3.8, 4) is 0 Å². The third-order valence-corrected chi connectivity index (χ3v) is 3.61. The van der Waals surface area contributed by atoms with Crippen molar-refractivity contribution in [2.45, 2.75) is 32.2 Å². The summed E-state index contributed by atoms with van der Waals surface area (Å²) in [7, 11) is 0. The molecule has 1 fully saturated rings. The van der Waals surface area contributed by atoms with E-state index in [1.54, 1.807) is 6.07 Å². The van der Waals surface area contributed by atoms with E-state index in [0.717, 1.165) is 6.42 Å². The summed E-state index contributed by atoms with van der Waals surface area (Å²) in [5.74, 6) is 0.659. The van der Waals surface area contributed by atoms with Crippen LogP contribution in [0, 0.1) is 5.92 Å². The lowest BCUT2D eigenvalue weighted by Crippen LogP contribution is -2.36. The average molecular weight is 254 g/mol. The number of hydrogen-bond acceptors (Lipinski definition) is 3. The van der Waals surface area contributed by atoms with E-state index < -0.39 is 0 Å². The molecule has 1 aromatic rings. The molecule has 1 amide bonds. The van der Waals surface area contributed by atoms with Crippen LogP contribution in [0.2, 0.25) is 5.02 Å². The SMILES string of the molecule is CC1CCCC1NC(=O)c1cnc(N)c(Cl)c1. The lowest BCUT2D eigenvalue weighted by Gasteiger charge is -2.17. The van der Waals surface area contributed by atoms with Crippen LogP contribution in [0.5, 0.6) is 0 Å². The fourth-order valence-electron chi connectivity index (χ4n) is 2.18. The van der Waals surface area contributed by atoms with Crippen LogP contribution in [0.1, 0.15) is 36.5 Å². The predicted octanol–water partition coefficient (Wildman–Crippen LogP) is 2.24. The highest BCUT2D eigenvalue weighted by molar-refractivity contribution is 6.33. The summed E-state index contributed by atoms with van der Waals surface area (Å²) in [6.07, 6.45) is 4.84. The van der Waals surface area contributed by atoms with Crippen molar-refractivity contribution < 1.29 is 4.79 Å². The first kappa shape index (κ1) is 12.2. The van der Waals surface area contributed by atoms with Crippen LogP contribution >= 0.6 is 11.6 Å². The van der Waals surface area contributed by atoms with Crippen LogP contribution < -0.4 is 11.1 Å². The Labute approximate surface area is 106 Å². The lowest BCUT2D eigenvalue weighted by molar-refractivity contribution is 0.0929. The molecule has 1 heterocycles. The number of nitrogens with one attached hydrogen (secondary N) is 1. The van der Waals surface area contributed by atoms with Gasteiger partial charge in [0, 0.05) is 12.2 Å². The molecule has 0 saturated heterocycles. The number of amides is 1. The van der Waals surface area contributed by atoms with Crippen molar-refractivity contribution in [2.75, 3.05) is 5.73 Å². The summed E-state index contributed by atoms with van der Waals surface area (Å²) >= 11 is 5.84. The maximum Gasteiger partial charge on any atom is 0.253 e. The van der Waals surface area contributed by atoms with E-state index in [1.807, 2.05) is 0 Å². The van der Waals surface area contributed by atoms with Crippen molar-refractivity contribution in [2.24, 2.45) is 5.92 Å². The molecule has 1 saturated carbocycles. The topological polar surface area (TPSA) is 68.0 Å². The number of rotatable bonds is 2. The molecule has 17 heavy (non-hydrogen) atoms. The fourth-order valence-corrected chi connectivity index (χ4v) is 2.35. The Kier molecular flexibility index (Phi) is 3.52. The highest BCUT2D eigenvalue weighted by Crippen LogP contribution is 2.25. The van der Waals surface area contributed by atoms with Crippen molar-refractivity contribution >= 4 is 23.3 Å². The van der Waals surface area contributed by atoms with Gasteiger partial charge in [0.15, 0.2) is 0 Å². The third kappa shape index (κ3) is 2.69. The number of halogens is 1. The van der Waals surface area contributed by atoms with Crippen molar-refractivity contribution in [3.05, 3.63) is 22.8 Å². The highest BCUT2D eigenvalue weighted by atomic mass is 35.5. The number of anilines is 1. The van der Waals surface area contributed by atoms with E-state index in [0.29, 0.717) is 16.5 Å². The molecular weight excluding hydrogens is 238 g/mol. The van der Waals surface area contributed by atoms with Gasteiger partial charge in [-0.15, -0.1) is 0 Å². The zero-order chi connectivity index (χ0) is 12.4. The van der Waals surface area contributed by atoms with Gasteiger partial charge >= 0.3 is 0 Å². The lowest BCUT2D eigenvalue weighted by atomic mass is 10.1. The summed E-state index contributed by atoms with van der Waals surface area (Å²) < 4.78 is 0. The minimum Gasteiger partial charge on any atom is -0.382 e. The van der Waals surface area contributed by atoms with Crippen LogP contribution in [0.25, 0.3) is 0 Å². The second-order valence-electron chi connectivity index (χ2n) is 4.58. The summed E-state index contributed by atoms with van der Waals surface area (Å²) in [5, 5.41) is 3.33. The number of pyridine rings is 1. The normalized spacial score (nSPS) is 23.6. The number of hydrogen-bond donors (Lipinski definition) is 2. The monoisotopic (exact) mass is 253 g/mol. The van der Waals surface area contributed by atoms with E-state index in [9.17, 15) is 4.79 Å². The van der Waals surface area contributed by atoms with Gasteiger partial charge in [0.2, 0.25) is 0 Å². The molecule has 0 spiro atoms. The molecule has 2 unspecified atom stereocenters. The number of nitrogens with zero attached hydrogens (tertiary/aromatic N) is 1. The second kappa shape index (κ2) is 4.92. The van der Waals surface area contributed by atoms with Gasteiger partial charge in [-0.25, -0.2) is 4.98 Å². The summed E-state index contributed by atoms with van der Waals surface area (Å²) in [6.45, 7) is 2.16. The molecule has 3 N–H and O–H groups in total.